The maximum absolute atomic E-state index is 12.8. The van der Waals surface area contributed by atoms with Crippen LogP contribution in [0.4, 0.5) is 0 Å². The van der Waals surface area contributed by atoms with Gasteiger partial charge in [-0.25, -0.2) is 0 Å². The smallest absolute Gasteiger partial charge is 0.224 e. The van der Waals surface area contributed by atoms with Crippen LogP contribution in [0.1, 0.15) is 43.5 Å². The second-order valence-corrected chi connectivity index (χ2v) is 7.09. The summed E-state index contributed by atoms with van der Waals surface area (Å²) in [7, 11) is 4.69. The highest BCUT2D eigenvalue weighted by Crippen LogP contribution is 2.38. The Kier molecular flexibility index (Phi) is 7.73. The van der Waals surface area contributed by atoms with Gasteiger partial charge in [-0.15, -0.1) is 0 Å². The molecule has 1 atom stereocenters. The summed E-state index contributed by atoms with van der Waals surface area (Å²) in [4.78, 5) is 12.8. The molecule has 5 heteroatoms. The van der Waals surface area contributed by atoms with Crippen LogP contribution >= 0.6 is 0 Å². The van der Waals surface area contributed by atoms with Gasteiger partial charge in [0.05, 0.1) is 33.8 Å². The molecule has 152 valence electrons. The number of methoxy groups -OCH3 is 3. The first-order chi connectivity index (χ1) is 13.4. The molecule has 2 aromatic rings. The lowest BCUT2D eigenvalue weighted by atomic mass is 9.94. The van der Waals surface area contributed by atoms with Crippen molar-refractivity contribution in [2.24, 2.45) is 5.92 Å². The first-order valence-corrected chi connectivity index (χ1v) is 9.60. The van der Waals surface area contributed by atoms with Crippen molar-refractivity contribution in [3.05, 3.63) is 53.1 Å². The predicted molar refractivity (Wildman–Crippen MR) is 111 cm³/mol. The molecule has 0 aliphatic heterocycles. The summed E-state index contributed by atoms with van der Waals surface area (Å²) in [6.07, 6.45) is 1.23. The van der Waals surface area contributed by atoms with E-state index in [4.69, 9.17) is 14.2 Å². The molecule has 1 amide bonds. The molecule has 0 spiro atoms. The summed E-state index contributed by atoms with van der Waals surface area (Å²) in [5.74, 6) is 1.83. The van der Waals surface area contributed by atoms with Crippen molar-refractivity contribution in [2.75, 3.05) is 21.3 Å². The Labute approximate surface area is 168 Å². The third-order valence-electron chi connectivity index (χ3n) is 4.82. The predicted octanol–water partition coefficient (Wildman–Crippen LogP) is 4.33. The fourth-order valence-electron chi connectivity index (χ4n) is 3.24. The van der Waals surface area contributed by atoms with Crippen molar-refractivity contribution < 1.29 is 19.0 Å². The lowest BCUT2D eigenvalue weighted by Crippen LogP contribution is -2.32. The van der Waals surface area contributed by atoms with E-state index < -0.39 is 0 Å². The second-order valence-electron chi connectivity index (χ2n) is 7.09. The van der Waals surface area contributed by atoms with Crippen LogP contribution < -0.4 is 19.5 Å². The first kappa shape index (κ1) is 21.6. The minimum atomic E-state index is -0.0486. The number of amides is 1. The van der Waals surface area contributed by atoms with Gasteiger partial charge < -0.3 is 19.5 Å². The zero-order valence-electron chi connectivity index (χ0n) is 17.7. The van der Waals surface area contributed by atoms with E-state index in [1.165, 1.54) is 5.56 Å². The molecular weight excluding hydrogens is 354 g/mol. The van der Waals surface area contributed by atoms with Crippen LogP contribution in [-0.4, -0.2) is 27.2 Å². The molecule has 2 rings (SSSR count). The number of carbonyl (C=O) groups excluding carboxylic acids is 1. The molecule has 0 aliphatic rings. The van der Waals surface area contributed by atoms with Crippen molar-refractivity contribution in [1.82, 2.24) is 5.32 Å². The Morgan fingerprint density at radius 2 is 1.50 bits per heavy atom. The molecule has 0 fully saturated rings. The van der Waals surface area contributed by atoms with Crippen LogP contribution in [0.2, 0.25) is 0 Å². The van der Waals surface area contributed by atoms with Crippen LogP contribution in [-0.2, 0) is 17.6 Å². The minimum absolute atomic E-state index is 0.0413. The van der Waals surface area contributed by atoms with E-state index in [1.54, 1.807) is 33.5 Å². The molecule has 0 bridgehead atoms. The number of carbonyl (C=O) groups is 1. The van der Waals surface area contributed by atoms with Gasteiger partial charge in [0.1, 0.15) is 0 Å². The second kappa shape index (κ2) is 10.0. The molecule has 1 N–H and O–H groups in total. The van der Waals surface area contributed by atoms with E-state index in [1.807, 2.05) is 0 Å². The fraction of sp³-hybridized carbons (Fsp3) is 0.435. The molecule has 0 unspecified atom stereocenters. The highest BCUT2D eigenvalue weighted by molar-refractivity contribution is 5.79. The van der Waals surface area contributed by atoms with Gasteiger partial charge in [-0.2, -0.15) is 0 Å². The maximum atomic E-state index is 12.8. The van der Waals surface area contributed by atoms with E-state index in [2.05, 4.69) is 50.4 Å². The third kappa shape index (κ3) is 5.18. The van der Waals surface area contributed by atoms with Gasteiger partial charge in [-0.1, -0.05) is 45.0 Å². The number of aryl methyl sites for hydroxylation is 1. The van der Waals surface area contributed by atoms with Crippen LogP contribution in [0.5, 0.6) is 17.2 Å². The van der Waals surface area contributed by atoms with Gasteiger partial charge in [-0.3, -0.25) is 4.79 Å². The van der Waals surface area contributed by atoms with Gasteiger partial charge in [-0.05, 0) is 41.2 Å². The Bertz CT molecular complexity index is 759. The summed E-state index contributed by atoms with van der Waals surface area (Å²) in [5, 5.41) is 3.17. The summed E-state index contributed by atoms with van der Waals surface area (Å²) < 4.78 is 16.1. The molecule has 0 aliphatic carbocycles. The molecule has 0 radical (unpaired) electrons. The Morgan fingerprint density at radius 3 is 1.93 bits per heavy atom. The molecular formula is C23H31NO4. The topological polar surface area (TPSA) is 56.8 Å². The van der Waals surface area contributed by atoms with Crippen molar-refractivity contribution in [3.63, 3.8) is 0 Å². The monoisotopic (exact) mass is 385 g/mol. The number of hydrogen-bond acceptors (Lipinski definition) is 4. The van der Waals surface area contributed by atoms with Crippen LogP contribution in [0, 0.1) is 5.92 Å². The summed E-state index contributed by atoms with van der Waals surface area (Å²) in [6.45, 7) is 6.35. The molecule has 0 heterocycles. The van der Waals surface area contributed by atoms with Crippen molar-refractivity contribution in [3.8, 4) is 17.2 Å². The number of rotatable bonds is 9. The first-order valence-electron chi connectivity index (χ1n) is 9.60. The average molecular weight is 386 g/mol. The van der Waals surface area contributed by atoms with Gasteiger partial charge in [0.2, 0.25) is 11.7 Å². The number of benzene rings is 2. The standard InChI is InChI=1S/C23H31NO4/c1-7-16-8-10-18(11-9-16)22(15(2)3)24-21(25)14-17-12-19(26-4)23(28-6)20(13-17)27-5/h8-13,15,22H,7,14H2,1-6H3,(H,24,25)/t22-/m0/s1. The number of nitrogens with one attached hydrogen (secondary N) is 1. The highest BCUT2D eigenvalue weighted by Gasteiger charge is 2.20. The highest BCUT2D eigenvalue weighted by atomic mass is 16.5. The Morgan fingerprint density at radius 1 is 0.929 bits per heavy atom. The molecule has 0 saturated heterocycles. The van der Waals surface area contributed by atoms with Crippen molar-refractivity contribution >= 4 is 5.91 Å². The zero-order valence-corrected chi connectivity index (χ0v) is 17.7. The van der Waals surface area contributed by atoms with E-state index in [9.17, 15) is 4.79 Å². The van der Waals surface area contributed by atoms with E-state index >= 15 is 0 Å². The minimum Gasteiger partial charge on any atom is -0.493 e. The lowest BCUT2D eigenvalue weighted by molar-refractivity contribution is -0.121. The van der Waals surface area contributed by atoms with E-state index in [0.717, 1.165) is 17.5 Å². The summed E-state index contributed by atoms with van der Waals surface area (Å²) in [5.41, 5.74) is 3.20. The molecule has 5 nitrogen and oxygen atoms in total. The molecule has 2 aromatic carbocycles. The van der Waals surface area contributed by atoms with E-state index in [0.29, 0.717) is 17.2 Å². The van der Waals surface area contributed by atoms with Gasteiger partial charge in [0, 0.05) is 0 Å². The van der Waals surface area contributed by atoms with E-state index in [-0.39, 0.29) is 24.3 Å². The molecule has 0 aromatic heterocycles. The van der Waals surface area contributed by atoms with Gasteiger partial charge in [0.25, 0.3) is 0 Å². The Balaban J connectivity index is 2.18. The van der Waals surface area contributed by atoms with Crippen LogP contribution in [0.15, 0.2) is 36.4 Å². The zero-order chi connectivity index (χ0) is 20.7. The number of ether oxygens (including phenoxy) is 3. The molecule has 28 heavy (non-hydrogen) atoms. The van der Waals surface area contributed by atoms with Gasteiger partial charge >= 0.3 is 0 Å². The SMILES string of the molecule is CCc1ccc([C@@H](NC(=O)Cc2cc(OC)c(OC)c(OC)c2)C(C)C)cc1. The number of hydrogen-bond donors (Lipinski definition) is 1. The quantitative estimate of drug-likeness (QED) is 0.698. The lowest BCUT2D eigenvalue weighted by Gasteiger charge is -2.23. The van der Waals surface area contributed by atoms with Crippen LogP contribution in [0.3, 0.4) is 0 Å². The Hall–Kier alpha value is -2.69. The van der Waals surface area contributed by atoms with Crippen molar-refractivity contribution in [2.45, 2.75) is 39.7 Å². The normalized spacial score (nSPS) is 11.8. The third-order valence-corrected chi connectivity index (χ3v) is 4.82. The summed E-state index contributed by atoms with van der Waals surface area (Å²) in [6, 6.07) is 12.0. The average Bonchev–Trinajstić information content (AvgIpc) is 2.71. The fourth-order valence-corrected chi connectivity index (χ4v) is 3.24. The van der Waals surface area contributed by atoms with Crippen LogP contribution in [0.25, 0.3) is 0 Å². The summed E-state index contributed by atoms with van der Waals surface area (Å²) >= 11 is 0. The van der Waals surface area contributed by atoms with Gasteiger partial charge in [0.15, 0.2) is 11.5 Å². The van der Waals surface area contributed by atoms with Crippen molar-refractivity contribution in [1.29, 1.82) is 0 Å². The molecule has 0 saturated carbocycles. The largest absolute Gasteiger partial charge is 0.493 e. The maximum Gasteiger partial charge on any atom is 0.224 e.